The second kappa shape index (κ2) is 3.63. The lowest BCUT2D eigenvalue weighted by Gasteiger charge is -2.14. The largest absolute Gasteiger partial charge is 0.320 e. The molecule has 0 spiro atoms. The average molecular weight is 223 g/mol. The van der Waals surface area contributed by atoms with Gasteiger partial charge in [-0.3, -0.25) is 0 Å². The third-order valence-corrected chi connectivity index (χ3v) is 3.59. The number of rotatable bonds is 1. The maximum absolute atomic E-state index is 3.95. The van der Waals surface area contributed by atoms with E-state index in [0.29, 0.717) is 5.92 Å². The molecule has 1 nitrogen and oxygen atoms in total. The van der Waals surface area contributed by atoms with Crippen LogP contribution in [-0.4, -0.2) is 4.57 Å². The fourth-order valence-corrected chi connectivity index (χ4v) is 2.74. The molecule has 1 aromatic heterocycles. The van der Waals surface area contributed by atoms with E-state index < -0.39 is 0 Å². The second-order valence-electron chi connectivity index (χ2n) is 4.97. The van der Waals surface area contributed by atoms with Crippen LogP contribution in [0.25, 0.3) is 23.2 Å². The van der Waals surface area contributed by atoms with Crippen LogP contribution in [0.15, 0.2) is 30.9 Å². The molecule has 0 aliphatic heterocycles. The summed E-state index contributed by atoms with van der Waals surface area (Å²) in [7, 11) is 0. The smallest absolute Gasteiger partial charge is 0.0531 e. The quantitative estimate of drug-likeness (QED) is 0.681. The molecule has 1 aromatic carbocycles. The molecule has 0 saturated heterocycles. The van der Waals surface area contributed by atoms with Crippen molar-refractivity contribution >= 4 is 23.2 Å². The fraction of sp³-hybridized carbons (Fsp3) is 0.250. The monoisotopic (exact) mass is 223 g/mol. The minimum absolute atomic E-state index is 0.617. The molecule has 17 heavy (non-hydrogen) atoms. The molecule has 0 fully saturated rings. The van der Waals surface area contributed by atoms with Gasteiger partial charge in [-0.25, -0.2) is 0 Å². The van der Waals surface area contributed by atoms with E-state index in [0.717, 1.165) is 6.42 Å². The van der Waals surface area contributed by atoms with E-state index >= 15 is 0 Å². The van der Waals surface area contributed by atoms with Crippen molar-refractivity contribution < 1.29 is 0 Å². The SMILES string of the molecule is C=Cn1c2c(c3cc(C)ccc31)C=CC(C)C2. The summed E-state index contributed by atoms with van der Waals surface area (Å²) in [6, 6.07) is 6.64. The first-order valence-corrected chi connectivity index (χ1v) is 6.15. The Labute approximate surface area is 102 Å². The predicted molar refractivity (Wildman–Crippen MR) is 75.0 cm³/mol. The van der Waals surface area contributed by atoms with E-state index in [1.165, 1.54) is 27.7 Å². The number of allylic oxidation sites excluding steroid dienone is 1. The van der Waals surface area contributed by atoms with Gasteiger partial charge < -0.3 is 4.57 Å². The van der Waals surface area contributed by atoms with Crippen LogP contribution in [0.3, 0.4) is 0 Å². The average Bonchev–Trinajstić information content (AvgIpc) is 2.61. The zero-order chi connectivity index (χ0) is 12.0. The lowest BCUT2D eigenvalue weighted by Crippen LogP contribution is -2.05. The fourth-order valence-electron chi connectivity index (χ4n) is 2.74. The molecular formula is C16H17N. The van der Waals surface area contributed by atoms with E-state index in [4.69, 9.17) is 0 Å². The van der Waals surface area contributed by atoms with Gasteiger partial charge in [0.25, 0.3) is 0 Å². The van der Waals surface area contributed by atoms with Crippen LogP contribution in [0.1, 0.15) is 23.7 Å². The van der Waals surface area contributed by atoms with Gasteiger partial charge in [0.2, 0.25) is 0 Å². The summed E-state index contributed by atoms with van der Waals surface area (Å²) in [5, 5.41) is 1.35. The van der Waals surface area contributed by atoms with Crippen molar-refractivity contribution in [1.82, 2.24) is 4.57 Å². The van der Waals surface area contributed by atoms with E-state index in [2.05, 4.69) is 55.3 Å². The van der Waals surface area contributed by atoms with Gasteiger partial charge in [0, 0.05) is 22.8 Å². The highest BCUT2D eigenvalue weighted by Gasteiger charge is 2.18. The standard InChI is InChI=1S/C16H17N/c1-4-17-15-8-6-11(2)9-14(15)13-7-5-12(3)10-16(13)17/h4-9,12H,1,10H2,2-3H3. The highest BCUT2D eigenvalue weighted by Crippen LogP contribution is 2.33. The summed E-state index contributed by atoms with van der Waals surface area (Å²) in [5.41, 5.74) is 5.36. The van der Waals surface area contributed by atoms with Crippen molar-refractivity contribution in [3.8, 4) is 0 Å². The summed E-state index contributed by atoms with van der Waals surface area (Å²) in [5.74, 6) is 0.617. The van der Waals surface area contributed by atoms with Crippen molar-refractivity contribution in [1.29, 1.82) is 0 Å². The summed E-state index contributed by atoms with van der Waals surface area (Å²) < 4.78 is 2.24. The normalized spacial score (nSPS) is 18.4. The number of aryl methyl sites for hydroxylation is 1. The summed E-state index contributed by atoms with van der Waals surface area (Å²) in [6.07, 6.45) is 7.61. The number of hydrogen-bond donors (Lipinski definition) is 0. The Morgan fingerprint density at radius 3 is 3.00 bits per heavy atom. The molecule has 1 heteroatoms. The third-order valence-electron chi connectivity index (χ3n) is 3.59. The Balaban J connectivity index is 2.41. The Morgan fingerprint density at radius 2 is 2.24 bits per heavy atom. The minimum Gasteiger partial charge on any atom is -0.320 e. The second-order valence-corrected chi connectivity index (χ2v) is 4.97. The Morgan fingerprint density at radius 1 is 1.41 bits per heavy atom. The van der Waals surface area contributed by atoms with E-state index in [1.807, 2.05) is 6.20 Å². The van der Waals surface area contributed by atoms with Crippen LogP contribution in [0.5, 0.6) is 0 Å². The van der Waals surface area contributed by atoms with Gasteiger partial charge in [-0.2, -0.15) is 0 Å². The number of hydrogen-bond acceptors (Lipinski definition) is 0. The molecule has 2 aromatic rings. The van der Waals surface area contributed by atoms with Crippen molar-refractivity contribution in [2.24, 2.45) is 5.92 Å². The molecule has 86 valence electrons. The highest BCUT2D eigenvalue weighted by atomic mass is 15.0. The molecule has 0 bridgehead atoms. The molecule has 1 aliphatic carbocycles. The molecule has 1 heterocycles. The lowest BCUT2D eigenvalue weighted by atomic mass is 9.94. The third kappa shape index (κ3) is 1.46. The number of aromatic nitrogens is 1. The van der Waals surface area contributed by atoms with E-state index in [1.54, 1.807) is 0 Å². The maximum atomic E-state index is 3.95. The van der Waals surface area contributed by atoms with Crippen molar-refractivity contribution in [3.63, 3.8) is 0 Å². The van der Waals surface area contributed by atoms with Crippen molar-refractivity contribution in [3.05, 3.63) is 47.7 Å². The maximum Gasteiger partial charge on any atom is 0.0531 e. The summed E-state index contributed by atoms with van der Waals surface area (Å²) in [4.78, 5) is 0. The number of nitrogens with zero attached hydrogens (tertiary/aromatic N) is 1. The van der Waals surface area contributed by atoms with Gasteiger partial charge in [-0.15, -0.1) is 0 Å². The Kier molecular flexibility index (Phi) is 2.22. The molecule has 0 amide bonds. The van der Waals surface area contributed by atoms with Crippen LogP contribution >= 0.6 is 0 Å². The van der Waals surface area contributed by atoms with E-state index in [-0.39, 0.29) is 0 Å². The zero-order valence-corrected chi connectivity index (χ0v) is 10.4. The minimum atomic E-state index is 0.617. The van der Waals surface area contributed by atoms with Gasteiger partial charge in [0.05, 0.1) is 5.52 Å². The van der Waals surface area contributed by atoms with Gasteiger partial charge in [-0.05, 0) is 31.4 Å². The van der Waals surface area contributed by atoms with Gasteiger partial charge in [0.15, 0.2) is 0 Å². The van der Waals surface area contributed by atoms with Crippen LogP contribution in [0.2, 0.25) is 0 Å². The van der Waals surface area contributed by atoms with Crippen molar-refractivity contribution in [2.45, 2.75) is 20.3 Å². The van der Waals surface area contributed by atoms with Crippen molar-refractivity contribution in [2.75, 3.05) is 0 Å². The first-order valence-electron chi connectivity index (χ1n) is 6.15. The first kappa shape index (κ1) is 10.4. The van der Waals surface area contributed by atoms with Gasteiger partial charge in [-0.1, -0.05) is 37.3 Å². The zero-order valence-electron chi connectivity index (χ0n) is 10.4. The molecule has 0 radical (unpaired) electrons. The summed E-state index contributed by atoms with van der Waals surface area (Å²) in [6.45, 7) is 8.35. The number of benzene rings is 1. The van der Waals surface area contributed by atoms with Crippen LogP contribution < -0.4 is 0 Å². The first-order chi connectivity index (χ1) is 8.20. The van der Waals surface area contributed by atoms with Crippen LogP contribution in [0.4, 0.5) is 0 Å². The lowest BCUT2D eigenvalue weighted by molar-refractivity contribution is 0.695. The topological polar surface area (TPSA) is 4.93 Å². The molecule has 0 N–H and O–H groups in total. The molecule has 1 unspecified atom stereocenters. The molecule has 1 atom stereocenters. The number of fused-ring (bicyclic) bond motifs is 3. The molecule has 0 saturated carbocycles. The molecule has 1 aliphatic rings. The van der Waals surface area contributed by atoms with Crippen LogP contribution in [0, 0.1) is 12.8 Å². The predicted octanol–water partition coefficient (Wildman–Crippen LogP) is 4.26. The summed E-state index contributed by atoms with van der Waals surface area (Å²) >= 11 is 0. The van der Waals surface area contributed by atoms with E-state index in [9.17, 15) is 0 Å². The Hall–Kier alpha value is -1.76. The van der Waals surface area contributed by atoms with Gasteiger partial charge >= 0.3 is 0 Å². The molecular weight excluding hydrogens is 206 g/mol. The van der Waals surface area contributed by atoms with Gasteiger partial charge in [0.1, 0.15) is 0 Å². The molecule has 3 rings (SSSR count). The van der Waals surface area contributed by atoms with Crippen LogP contribution in [-0.2, 0) is 6.42 Å². The Bertz CT molecular complexity index is 629. The highest BCUT2D eigenvalue weighted by molar-refractivity contribution is 5.93.